The van der Waals surface area contributed by atoms with Crippen LogP contribution in [0.3, 0.4) is 0 Å². The van der Waals surface area contributed by atoms with Gasteiger partial charge in [-0.25, -0.2) is 9.97 Å². The van der Waals surface area contributed by atoms with Gasteiger partial charge in [-0.3, -0.25) is 0 Å². The van der Waals surface area contributed by atoms with E-state index in [2.05, 4.69) is 87.0 Å². The monoisotopic (exact) mass is 444 g/mol. The van der Waals surface area contributed by atoms with Crippen molar-refractivity contribution < 1.29 is 0 Å². The summed E-state index contributed by atoms with van der Waals surface area (Å²) >= 11 is 5.60. The predicted octanol–water partition coefficient (Wildman–Crippen LogP) is 4.73. The lowest BCUT2D eigenvalue weighted by atomic mass is 9.91. The molecule has 0 aliphatic rings. The molecule has 0 aliphatic carbocycles. The fraction of sp³-hybridized carbons (Fsp3) is 0.280. The third kappa shape index (κ3) is 6.50. The lowest BCUT2D eigenvalue weighted by molar-refractivity contribution is 0.753. The van der Waals surface area contributed by atoms with Gasteiger partial charge < -0.3 is 15.5 Å². The Bertz CT molecular complexity index is 980. The normalized spacial score (nSPS) is 10.4. The second-order valence-electron chi connectivity index (χ2n) is 7.36. The van der Waals surface area contributed by atoms with Crippen molar-refractivity contribution in [3.63, 3.8) is 0 Å². The van der Waals surface area contributed by atoms with Gasteiger partial charge in [0, 0.05) is 25.6 Å². The standard InChI is InChI=1S/C25H28N6S/c1-2-15-31(16-9-14-26)24-23(18-27-19-29-24)30-25(32)28-17-22(20-10-5-3-6-11-20)21-12-7-4-8-13-21/h3-8,10-13,18-19,22H,2,9,15-17H2,1H3,(H2,28,30,32). The molecule has 0 spiro atoms. The Kier molecular flexibility index (Phi) is 8.96. The minimum atomic E-state index is 0.163. The van der Waals surface area contributed by atoms with Gasteiger partial charge in [0.15, 0.2) is 10.9 Å². The molecule has 0 atom stereocenters. The van der Waals surface area contributed by atoms with Crippen LogP contribution < -0.4 is 15.5 Å². The molecule has 0 saturated heterocycles. The van der Waals surface area contributed by atoms with E-state index in [0.29, 0.717) is 24.6 Å². The number of nitrogens with one attached hydrogen (secondary N) is 2. The minimum Gasteiger partial charge on any atom is -0.361 e. The summed E-state index contributed by atoms with van der Waals surface area (Å²) in [4.78, 5) is 10.7. The number of nitriles is 1. The molecule has 0 unspecified atom stereocenters. The van der Waals surface area contributed by atoms with Gasteiger partial charge >= 0.3 is 0 Å². The van der Waals surface area contributed by atoms with Gasteiger partial charge in [-0.1, -0.05) is 67.6 Å². The minimum absolute atomic E-state index is 0.163. The number of hydrogen-bond donors (Lipinski definition) is 2. The number of aromatic nitrogens is 2. The maximum absolute atomic E-state index is 9.00. The first-order valence-corrected chi connectivity index (χ1v) is 11.2. The number of benzene rings is 2. The summed E-state index contributed by atoms with van der Waals surface area (Å²) in [7, 11) is 0. The third-order valence-corrected chi connectivity index (χ3v) is 5.34. The second kappa shape index (κ2) is 12.4. The van der Waals surface area contributed by atoms with Crippen LogP contribution in [-0.4, -0.2) is 34.7 Å². The zero-order valence-corrected chi connectivity index (χ0v) is 19.1. The maximum Gasteiger partial charge on any atom is 0.170 e. The van der Waals surface area contributed by atoms with E-state index in [0.717, 1.165) is 24.5 Å². The Labute approximate surface area is 195 Å². The van der Waals surface area contributed by atoms with Crippen molar-refractivity contribution in [3.8, 4) is 6.07 Å². The average Bonchev–Trinajstić information content (AvgIpc) is 2.84. The first-order valence-electron chi connectivity index (χ1n) is 10.8. The van der Waals surface area contributed by atoms with Gasteiger partial charge in [0.25, 0.3) is 0 Å². The van der Waals surface area contributed by atoms with Gasteiger partial charge in [-0.05, 0) is 29.8 Å². The highest BCUT2D eigenvalue weighted by atomic mass is 32.1. The van der Waals surface area contributed by atoms with E-state index in [-0.39, 0.29) is 5.92 Å². The molecule has 164 valence electrons. The largest absolute Gasteiger partial charge is 0.361 e. The molecule has 0 radical (unpaired) electrons. The number of hydrogen-bond acceptors (Lipinski definition) is 5. The maximum atomic E-state index is 9.00. The van der Waals surface area contributed by atoms with Crippen LogP contribution in [0, 0.1) is 11.3 Å². The Morgan fingerprint density at radius 3 is 2.31 bits per heavy atom. The molecule has 6 nitrogen and oxygen atoms in total. The zero-order valence-electron chi connectivity index (χ0n) is 18.2. The molecule has 0 saturated carbocycles. The van der Waals surface area contributed by atoms with Crippen LogP contribution in [0.1, 0.15) is 36.8 Å². The summed E-state index contributed by atoms with van der Waals surface area (Å²) in [6.07, 6.45) is 4.62. The summed E-state index contributed by atoms with van der Waals surface area (Å²) < 4.78 is 0. The van der Waals surface area contributed by atoms with Crippen molar-refractivity contribution in [3.05, 3.63) is 84.3 Å². The van der Waals surface area contributed by atoms with Crippen LogP contribution in [0.5, 0.6) is 0 Å². The lowest BCUT2D eigenvalue weighted by Gasteiger charge is -2.25. The van der Waals surface area contributed by atoms with Gasteiger partial charge in [0.05, 0.1) is 18.7 Å². The van der Waals surface area contributed by atoms with E-state index in [1.54, 1.807) is 6.20 Å². The van der Waals surface area contributed by atoms with Gasteiger partial charge in [-0.2, -0.15) is 5.26 Å². The van der Waals surface area contributed by atoms with Crippen molar-refractivity contribution >= 4 is 28.8 Å². The summed E-state index contributed by atoms with van der Waals surface area (Å²) in [6.45, 7) is 4.17. The third-order valence-electron chi connectivity index (χ3n) is 5.10. The molecule has 0 fully saturated rings. The van der Waals surface area contributed by atoms with Crippen molar-refractivity contribution in [2.75, 3.05) is 29.9 Å². The van der Waals surface area contributed by atoms with Gasteiger partial charge in [-0.15, -0.1) is 0 Å². The molecule has 0 amide bonds. The van der Waals surface area contributed by atoms with Crippen LogP contribution >= 0.6 is 12.2 Å². The quantitative estimate of drug-likeness (QED) is 0.438. The highest BCUT2D eigenvalue weighted by Gasteiger charge is 2.16. The topological polar surface area (TPSA) is 76.9 Å². The summed E-state index contributed by atoms with van der Waals surface area (Å²) in [6, 6.07) is 23.0. The second-order valence-corrected chi connectivity index (χ2v) is 7.77. The van der Waals surface area contributed by atoms with E-state index < -0.39 is 0 Å². The highest BCUT2D eigenvalue weighted by molar-refractivity contribution is 7.80. The van der Waals surface area contributed by atoms with Crippen molar-refractivity contribution in [1.82, 2.24) is 15.3 Å². The highest BCUT2D eigenvalue weighted by Crippen LogP contribution is 2.25. The van der Waals surface area contributed by atoms with Gasteiger partial charge in [0.2, 0.25) is 0 Å². The smallest absolute Gasteiger partial charge is 0.170 e. The van der Waals surface area contributed by atoms with Crippen molar-refractivity contribution in [1.29, 1.82) is 5.26 Å². The van der Waals surface area contributed by atoms with Crippen LogP contribution in [-0.2, 0) is 0 Å². The van der Waals surface area contributed by atoms with Crippen LogP contribution in [0.2, 0.25) is 0 Å². The molecule has 1 aromatic heterocycles. The molecule has 32 heavy (non-hydrogen) atoms. The summed E-state index contributed by atoms with van der Waals surface area (Å²) in [5.74, 6) is 0.916. The molecule has 2 aromatic carbocycles. The molecule has 0 aliphatic heterocycles. The Balaban J connectivity index is 1.72. The van der Waals surface area contributed by atoms with Crippen LogP contribution in [0.4, 0.5) is 11.5 Å². The van der Waals surface area contributed by atoms with E-state index >= 15 is 0 Å². The van der Waals surface area contributed by atoms with E-state index in [4.69, 9.17) is 17.5 Å². The number of rotatable bonds is 10. The average molecular weight is 445 g/mol. The molecule has 2 N–H and O–H groups in total. The molecular weight excluding hydrogens is 416 g/mol. The van der Waals surface area contributed by atoms with Crippen molar-refractivity contribution in [2.24, 2.45) is 0 Å². The Morgan fingerprint density at radius 1 is 1.06 bits per heavy atom. The SMILES string of the molecule is CCCN(CCC#N)c1ncncc1NC(=S)NCC(c1ccccc1)c1ccccc1. The van der Waals surface area contributed by atoms with E-state index in [1.165, 1.54) is 17.5 Å². The van der Waals surface area contributed by atoms with Crippen molar-refractivity contribution in [2.45, 2.75) is 25.7 Å². The zero-order chi connectivity index (χ0) is 22.6. The molecule has 3 aromatic rings. The fourth-order valence-electron chi connectivity index (χ4n) is 3.60. The predicted molar refractivity (Wildman–Crippen MR) is 134 cm³/mol. The number of nitrogens with zero attached hydrogens (tertiary/aromatic N) is 4. The molecule has 7 heteroatoms. The van der Waals surface area contributed by atoms with E-state index in [1.807, 2.05) is 12.1 Å². The number of thiocarbonyl (C=S) groups is 1. The summed E-state index contributed by atoms with van der Waals surface area (Å²) in [5, 5.41) is 16.1. The lowest BCUT2D eigenvalue weighted by Crippen LogP contribution is -2.34. The van der Waals surface area contributed by atoms with Crippen LogP contribution in [0.15, 0.2) is 73.2 Å². The molecule has 1 heterocycles. The van der Waals surface area contributed by atoms with E-state index in [9.17, 15) is 0 Å². The molecule has 3 rings (SSSR count). The van der Waals surface area contributed by atoms with Crippen LogP contribution in [0.25, 0.3) is 0 Å². The molecule has 0 bridgehead atoms. The van der Waals surface area contributed by atoms with Gasteiger partial charge in [0.1, 0.15) is 12.0 Å². The Morgan fingerprint density at radius 2 is 1.72 bits per heavy atom. The Hall–Kier alpha value is -3.50. The fourth-order valence-corrected chi connectivity index (χ4v) is 3.80. The first kappa shape index (κ1) is 23.2. The molecular formula is C25H28N6S. The first-order chi connectivity index (χ1) is 15.7. The summed E-state index contributed by atoms with van der Waals surface area (Å²) in [5.41, 5.74) is 3.18. The number of anilines is 2.